The van der Waals surface area contributed by atoms with Gasteiger partial charge in [-0.3, -0.25) is 9.82 Å². The Morgan fingerprint density at radius 1 is 1.61 bits per heavy atom. The minimum absolute atomic E-state index is 0.0393. The van der Waals surface area contributed by atoms with Crippen LogP contribution in [0.4, 0.5) is 5.82 Å². The summed E-state index contributed by atoms with van der Waals surface area (Å²) in [4.78, 5) is 19.1. The number of rotatable bonds is 3. The van der Waals surface area contributed by atoms with Crippen molar-refractivity contribution in [2.45, 2.75) is 24.5 Å². The van der Waals surface area contributed by atoms with E-state index in [0.717, 1.165) is 4.57 Å². The molecule has 0 aromatic carbocycles. The van der Waals surface area contributed by atoms with Crippen molar-refractivity contribution in [3.63, 3.8) is 0 Å². The Hall–Kier alpha value is -1.52. The van der Waals surface area contributed by atoms with Gasteiger partial charge in [0.2, 0.25) is 0 Å². The van der Waals surface area contributed by atoms with E-state index in [4.69, 9.17) is 20.8 Å². The first-order chi connectivity index (χ1) is 8.58. The fourth-order valence-electron chi connectivity index (χ4n) is 1.85. The van der Waals surface area contributed by atoms with Gasteiger partial charge in [0.1, 0.15) is 18.0 Å². The second-order valence-electron chi connectivity index (χ2n) is 3.85. The van der Waals surface area contributed by atoms with Crippen LogP contribution in [0.2, 0.25) is 0 Å². The number of hydrogen-bond donors (Lipinski definition) is 4. The third-order valence-corrected chi connectivity index (χ3v) is 2.74. The number of aliphatic hydroxyl groups is 2. The molecule has 4 atom stereocenters. The van der Waals surface area contributed by atoms with Gasteiger partial charge in [-0.15, -0.1) is 0 Å². The zero-order valence-electron chi connectivity index (χ0n) is 9.21. The molecule has 0 spiro atoms. The van der Waals surface area contributed by atoms with Gasteiger partial charge in [-0.2, -0.15) is 4.98 Å². The number of nitrogens with two attached hydrogens (primary N) is 1. The Labute approximate surface area is 101 Å². The average Bonchev–Trinajstić information content (AvgIpc) is 2.66. The third-order valence-electron chi connectivity index (χ3n) is 2.74. The number of aromatic nitrogens is 2. The molecule has 5 N–H and O–H groups in total. The van der Waals surface area contributed by atoms with Crippen molar-refractivity contribution in [3.8, 4) is 0 Å². The molecule has 18 heavy (non-hydrogen) atoms. The van der Waals surface area contributed by atoms with Crippen molar-refractivity contribution >= 4 is 5.82 Å². The van der Waals surface area contributed by atoms with Crippen molar-refractivity contribution in [3.05, 3.63) is 22.7 Å². The molecule has 0 amide bonds. The minimum atomic E-state index is -1.32. The fourth-order valence-corrected chi connectivity index (χ4v) is 1.85. The van der Waals surface area contributed by atoms with Gasteiger partial charge in [0, 0.05) is 6.20 Å². The smallest absolute Gasteiger partial charge is 0.351 e. The van der Waals surface area contributed by atoms with E-state index in [-0.39, 0.29) is 5.82 Å². The van der Waals surface area contributed by atoms with Crippen LogP contribution in [0.3, 0.4) is 0 Å². The van der Waals surface area contributed by atoms with E-state index < -0.39 is 36.8 Å². The van der Waals surface area contributed by atoms with Gasteiger partial charge in [-0.1, -0.05) is 0 Å². The van der Waals surface area contributed by atoms with Crippen LogP contribution in [-0.2, 0) is 9.62 Å². The molecular weight excluding hydrogens is 246 g/mol. The lowest BCUT2D eigenvalue weighted by molar-refractivity contribution is -0.300. The summed E-state index contributed by atoms with van der Waals surface area (Å²) in [5.74, 6) is 0.0393. The third kappa shape index (κ3) is 2.09. The van der Waals surface area contributed by atoms with Crippen molar-refractivity contribution < 1.29 is 25.1 Å². The van der Waals surface area contributed by atoms with Gasteiger partial charge < -0.3 is 20.7 Å². The highest BCUT2D eigenvalue weighted by atomic mass is 17.1. The van der Waals surface area contributed by atoms with E-state index in [1.54, 1.807) is 0 Å². The molecule has 0 aliphatic carbocycles. The van der Waals surface area contributed by atoms with E-state index >= 15 is 0 Å². The van der Waals surface area contributed by atoms with Crippen molar-refractivity contribution in [2.24, 2.45) is 0 Å². The van der Waals surface area contributed by atoms with E-state index in [1.165, 1.54) is 12.3 Å². The van der Waals surface area contributed by atoms with Crippen molar-refractivity contribution in [1.82, 2.24) is 9.55 Å². The lowest BCUT2D eigenvalue weighted by atomic mass is 10.1. The number of nitrogen functional groups attached to an aromatic ring is 1. The summed E-state index contributed by atoms with van der Waals surface area (Å²) in [5.41, 5.74) is 4.62. The standard InChI is InChI=1S/C9H13N3O6/c10-5-1-2-12(9(15)11-5)8-6(14)7(18-16)4(3-13)17-8/h1-2,4,6-8,13-14,16H,3H2,(H2,10,11,15)/t4-,6-,7-,8?/m1/s1. The zero-order chi connectivity index (χ0) is 13.3. The van der Waals surface area contributed by atoms with Crippen molar-refractivity contribution in [1.29, 1.82) is 0 Å². The maximum absolute atomic E-state index is 11.6. The molecule has 9 nitrogen and oxygen atoms in total. The van der Waals surface area contributed by atoms with E-state index in [1.807, 2.05) is 0 Å². The molecule has 0 radical (unpaired) electrons. The lowest BCUT2D eigenvalue weighted by Crippen LogP contribution is -2.37. The molecule has 1 unspecified atom stereocenters. The topological polar surface area (TPSA) is 140 Å². The second-order valence-corrected chi connectivity index (χ2v) is 3.85. The molecule has 1 aliphatic rings. The predicted molar refractivity (Wildman–Crippen MR) is 57.4 cm³/mol. The average molecular weight is 259 g/mol. The van der Waals surface area contributed by atoms with Crippen LogP contribution < -0.4 is 11.4 Å². The van der Waals surface area contributed by atoms with Gasteiger partial charge in [0.05, 0.1) is 6.61 Å². The summed E-state index contributed by atoms with van der Waals surface area (Å²) >= 11 is 0. The molecular formula is C9H13N3O6. The van der Waals surface area contributed by atoms with Crippen molar-refractivity contribution in [2.75, 3.05) is 12.3 Å². The van der Waals surface area contributed by atoms with Gasteiger partial charge in [0.15, 0.2) is 12.3 Å². The van der Waals surface area contributed by atoms with Gasteiger partial charge in [-0.25, -0.2) is 9.68 Å². The Morgan fingerprint density at radius 3 is 2.83 bits per heavy atom. The normalized spacial score (nSPS) is 31.7. The second kappa shape index (κ2) is 5.00. The predicted octanol–water partition coefficient (Wildman–Crippen LogP) is -2.07. The SMILES string of the molecule is Nc1ccn(C2O[C@H](CO)[C@@H](OO)[C@H]2O)c(=O)n1. The van der Waals surface area contributed by atoms with Crippen LogP contribution in [0.1, 0.15) is 6.23 Å². The summed E-state index contributed by atoms with van der Waals surface area (Å²) in [5, 5.41) is 27.5. The number of ether oxygens (including phenoxy) is 1. The highest BCUT2D eigenvalue weighted by Gasteiger charge is 2.46. The van der Waals surface area contributed by atoms with Crippen LogP contribution >= 0.6 is 0 Å². The molecule has 1 aromatic rings. The van der Waals surface area contributed by atoms with Gasteiger partial charge >= 0.3 is 5.69 Å². The highest BCUT2D eigenvalue weighted by Crippen LogP contribution is 2.29. The number of nitrogens with zero attached hydrogens (tertiary/aromatic N) is 2. The van der Waals surface area contributed by atoms with Crippen LogP contribution in [0.5, 0.6) is 0 Å². The first-order valence-corrected chi connectivity index (χ1v) is 5.17. The molecule has 2 heterocycles. The molecule has 1 saturated heterocycles. The molecule has 1 aliphatic heterocycles. The summed E-state index contributed by atoms with van der Waals surface area (Å²) in [6.45, 7) is -0.476. The van der Waals surface area contributed by atoms with E-state index in [0.29, 0.717) is 0 Å². The van der Waals surface area contributed by atoms with E-state index in [2.05, 4.69) is 9.87 Å². The summed E-state index contributed by atoms with van der Waals surface area (Å²) in [6.07, 6.45) is -3.23. The Balaban J connectivity index is 2.32. The largest absolute Gasteiger partial charge is 0.394 e. The highest BCUT2D eigenvalue weighted by molar-refractivity contribution is 5.23. The first kappa shape index (κ1) is 12.9. The number of anilines is 1. The summed E-state index contributed by atoms with van der Waals surface area (Å²) in [7, 11) is 0. The van der Waals surface area contributed by atoms with Crippen LogP contribution in [0, 0.1) is 0 Å². The monoisotopic (exact) mass is 259 g/mol. The van der Waals surface area contributed by atoms with Gasteiger partial charge in [-0.05, 0) is 6.07 Å². The molecule has 9 heteroatoms. The molecule has 1 aromatic heterocycles. The molecule has 2 rings (SSSR count). The summed E-state index contributed by atoms with van der Waals surface area (Å²) < 4.78 is 6.23. The Bertz CT molecular complexity index is 478. The minimum Gasteiger partial charge on any atom is -0.394 e. The first-order valence-electron chi connectivity index (χ1n) is 5.17. The molecule has 1 fully saturated rings. The Morgan fingerprint density at radius 2 is 2.33 bits per heavy atom. The summed E-state index contributed by atoms with van der Waals surface area (Å²) in [6, 6.07) is 1.36. The van der Waals surface area contributed by atoms with Crippen LogP contribution in [0.25, 0.3) is 0 Å². The maximum Gasteiger partial charge on any atom is 0.351 e. The quantitative estimate of drug-likeness (QED) is 0.358. The lowest BCUT2D eigenvalue weighted by Gasteiger charge is -2.17. The molecule has 100 valence electrons. The molecule has 0 bridgehead atoms. The number of aliphatic hydroxyl groups excluding tert-OH is 2. The van der Waals surface area contributed by atoms with Crippen LogP contribution in [0.15, 0.2) is 17.1 Å². The fraction of sp³-hybridized carbons (Fsp3) is 0.556. The zero-order valence-corrected chi connectivity index (χ0v) is 9.21. The Kier molecular flexibility index (Phi) is 3.59. The maximum atomic E-state index is 11.6. The van der Waals surface area contributed by atoms with Crippen LogP contribution in [-0.4, -0.2) is 49.9 Å². The number of hydrogen-bond acceptors (Lipinski definition) is 8. The van der Waals surface area contributed by atoms with E-state index in [9.17, 15) is 9.90 Å². The molecule has 0 saturated carbocycles. The van der Waals surface area contributed by atoms with Gasteiger partial charge in [0.25, 0.3) is 0 Å².